The van der Waals surface area contributed by atoms with E-state index in [0.717, 1.165) is 16.8 Å². The fourth-order valence-corrected chi connectivity index (χ4v) is 1.74. The van der Waals surface area contributed by atoms with Crippen molar-refractivity contribution in [3.8, 4) is 0 Å². The number of benzene rings is 1. The van der Waals surface area contributed by atoms with Crippen LogP contribution in [-0.4, -0.2) is 5.91 Å². The van der Waals surface area contributed by atoms with E-state index >= 15 is 0 Å². The Morgan fingerprint density at radius 1 is 1.19 bits per heavy atom. The molecule has 0 aliphatic rings. The molecule has 1 aromatic rings. The van der Waals surface area contributed by atoms with E-state index in [9.17, 15) is 4.79 Å². The highest BCUT2D eigenvalue weighted by Gasteiger charge is 2.22. The number of anilines is 1. The predicted molar refractivity (Wildman–Crippen MR) is 69.0 cm³/mol. The molecule has 0 aliphatic heterocycles. The molecule has 0 aliphatic carbocycles. The van der Waals surface area contributed by atoms with Gasteiger partial charge in [0, 0.05) is 16.1 Å². The number of hydrogen-bond donors (Lipinski definition) is 1. The van der Waals surface area contributed by atoms with Gasteiger partial charge in [0.2, 0.25) is 5.91 Å². The molecule has 0 fully saturated rings. The summed E-state index contributed by atoms with van der Waals surface area (Å²) in [5.41, 5.74) is 2.45. The maximum absolute atomic E-state index is 11.9. The fraction of sp³-hybridized carbons (Fsp3) is 0.462. The maximum atomic E-state index is 11.9. The number of rotatable bonds is 1. The van der Waals surface area contributed by atoms with E-state index < -0.39 is 5.41 Å². The van der Waals surface area contributed by atoms with Crippen LogP contribution in [-0.2, 0) is 4.79 Å². The third kappa shape index (κ3) is 2.99. The third-order valence-electron chi connectivity index (χ3n) is 2.42. The van der Waals surface area contributed by atoms with Crippen molar-refractivity contribution >= 4 is 23.2 Å². The molecular weight excluding hydrogens is 222 g/mol. The zero-order valence-electron chi connectivity index (χ0n) is 10.4. The summed E-state index contributed by atoms with van der Waals surface area (Å²) in [6.45, 7) is 9.56. The van der Waals surface area contributed by atoms with Gasteiger partial charge in [-0.15, -0.1) is 0 Å². The summed E-state index contributed by atoms with van der Waals surface area (Å²) < 4.78 is 0. The Morgan fingerprint density at radius 2 is 1.62 bits per heavy atom. The monoisotopic (exact) mass is 239 g/mol. The lowest BCUT2D eigenvalue weighted by atomic mass is 9.95. The first-order valence-electron chi connectivity index (χ1n) is 5.30. The van der Waals surface area contributed by atoms with Crippen molar-refractivity contribution < 1.29 is 4.79 Å². The molecule has 0 atom stereocenters. The summed E-state index contributed by atoms with van der Waals surface area (Å²) >= 11 is 5.94. The summed E-state index contributed by atoms with van der Waals surface area (Å²) in [5, 5.41) is 3.65. The van der Waals surface area contributed by atoms with Gasteiger partial charge in [0.25, 0.3) is 0 Å². The topological polar surface area (TPSA) is 29.1 Å². The highest BCUT2D eigenvalue weighted by Crippen LogP contribution is 2.26. The Labute approximate surface area is 102 Å². The van der Waals surface area contributed by atoms with E-state index in [1.54, 1.807) is 0 Å². The van der Waals surface area contributed by atoms with E-state index in [-0.39, 0.29) is 5.91 Å². The molecule has 0 bridgehead atoms. The van der Waals surface area contributed by atoms with Crippen LogP contribution in [0.5, 0.6) is 0 Å². The average molecular weight is 240 g/mol. The molecule has 1 rings (SSSR count). The van der Waals surface area contributed by atoms with Gasteiger partial charge in [-0.25, -0.2) is 0 Å². The highest BCUT2D eigenvalue weighted by atomic mass is 35.5. The highest BCUT2D eigenvalue weighted by molar-refractivity contribution is 6.30. The minimum atomic E-state index is -0.390. The van der Waals surface area contributed by atoms with Gasteiger partial charge >= 0.3 is 0 Å². The van der Waals surface area contributed by atoms with Crippen molar-refractivity contribution in [3.63, 3.8) is 0 Å². The van der Waals surface area contributed by atoms with E-state index in [0.29, 0.717) is 5.02 Å². The van der Waals surface area contributed by atoms with Gasteiger partial charge in [-0.2, -0.15) is 0 Å². The fourth-order valence-electron chi connectivity index (χ4n) is 1.41. The summed E-state index contributed by atoms with van der Waals surface area (Å²) in [5.74, 6) is 0.0148. The van der Waals surface area contributed by atoms with Crippen LogP contribution in [0.2, 0.25) is 5.02 Å². The first-order chi connectivity index (χ1) is 7.21. The van der Waals surface area contributed by atoms with Crippen LogP contribution in [0.25, 0.3) is 0 Å². The summed E-state index contributed by atoms with van der Waals surface area (Å²) in [6.07, 6.45) is 0. The molecule has 2 nitrogen and oxygen atoms in total. The molecule has 0 saturated heterocycles. The minimum Gasteiger partial charge on any atom is -0.325 e. The zero-order chi connectivity index (χ0) is 12.5. The summed E-state index contributed by atoms with van der Waals surface area (Å²) in [7, 11) is 0. The second-order valence-corrected chi connectivity index (χ2v) is 5.56. The maximum Gasteiger partial charge on any atom is 0.229 e. The van der Waals surface area contributed by atoms with Crippen molar-refractivity contribution in [2.75, 3.05) is 5.32 Å². The Morgan fingerprint density at radius 3 is 2.00 bits per heavy atom. The molecule has 1 aromatic carbocycles. The van der Waals surface area contributed by atoms with E-state index in [2.05, 4.69) is 5.32 Å². The number of nitrogens with one attached hydrogen (secondary N) is 1. The number of carbonyl (C=O) groups excluding carboxylic acids is 1. The Kier molecular flexibility index (Phi) is 3.64. The van der Waals surface area contributed by atoms with Crippen molar-refractivity contribution in [2.45, 2.75) is 34.6 Å². The van der Waals surface area contributed by atoms with Crippen LogP contribution in [0.1, 0.15) is 31.9 Å². The molecule has 16 heavy (non-hydrogen) atoms. The quantitative estimate of drug-likeness (QED) is 0.790. The van der Waals surface area contributed by atoms with Gasteiger partial charge in [0.05, 0.1) is 0 Å². The van der Waals surface area contributed by atoms with E-state index in [4.69, 9.17) is 11.6 Å². The van der Waals surface area contributed by atoms with Gasteiger partial charge in [-0.05, 0) is 37.1 Å². The van der Waals surface area contributed by atoms with Crippen molar-refractivity contribution in [2.24, 2.45) is 5.41 Å². The van der Waals surface area contributed by atoms with Crippen molar-refractivity contribution in [3.05, 3.63) is 28.3 Å². The molecule has 0 aromatic heterocycles. The van der Waals surface area contributed by atoms with Crippen LogP contribution >= 0.6 is 11.6 Å². The number of halogens is 1. The van der Waals surface area contributed by atoms with Gasteiger partial charge in [0.15, 0.2) is 0 Å². The summed E-state index contributed by atoms with van der Waals surface area (Å²) in [4.78, 5) is 11.9. The lowest BCUT2D eigenvalue weighted by Gasteiger charge is -2.20. The first kappa shape index (κ1) is 13.0. The number of carbonyl (C=O) groups is 1. The molecule has 0 heterocycles. The number of hydrogen-bond acceptors (Lipinski definition) is 1. The second-order valence-electron chi connectivity index (χ2n) is 5.12. The number of aryl methyl sites for hydroxylation is 2. The van der Waals surface area contributed by atoms with Crippen LogP contribution in [0, 0.1) is 19.3 Å². The van der Waals surface area contributed by atoms with Crippen LogP contribution in [0.3, 0.4) is 0 Å². The van der Waals surface area contributed by atoms with Crippen LogP contribution in [0.4, 0.5) is 5.69 Å². The average Bonchev–Trinajstić information content (AvgIpc) is 2.08. The molecule has 1 amide bonds. The number of amides is 1. The van der Waals surface area contributed by atoms with Gasteiger partial charge < -0.3 is 5.32 Å². The lowest BCUT2D eigenvalue weighted by molar-refractivity contribution is -0.123. The van der Waals surface area contributed by atoms with Crippen molar-refractivity contribution in [1.82, 2.24) is 0 Å². The zero-order valence-corrected chi connectivity index (χ0v) is 11.2. The Balaban J connectivity index is 3.03. The first-order valence-corrected chi connectivity index (χ1v) is 5.68. The predicted octanol–water partition coefficient (Wildman–Crippen LogP) is 3.94. The minimum absolute atomic E-state index is 0.0148. The van der Waals surface area contributed by atoms with E-state index in [1.807, 2.05) is 46.8 Å². The third-order valence-corrected chi connectivity index (χ3v) is 2.64. The van der Waals surface area contributed by atoms with E-state index in [1.165, 1.54) is 0 Å². The molecule has 0 radical (unpaired) electrons. The second kappa shape index (κ2) is 4.46. The smallest absolute Gasteiger partial charge is 0.229 e. The molecule has 0 spiro atoms. The van der Waals surface area contributed by atoms with Crippen LogP contribution < -0.4 is 5.32 Å². The van der Waals surface area contributed by atoms with Gasteiger partial charge in [-0.3, -0.25) is 4.79 Å². The standard InChI is InChI=1S/C13H18ClNO/c1-8-6-10(14)7-9(2)11(8)15-12(16)13(3,4)5/h6-7H,1-5H3,(H,15,16). The van der Waals surface area contributed by atoms with Crippen molar-refractivity contribution in [1.29, 1.82) is 0 Å². The molecule has 1 N–H and O–H groups in total. The van der Waals surface area contributed by atoms with Gasteiger partial charge in [0.1, 0.15) is 0 Å². The largest absolute Gasteiger partial charge is 0.325 e. The normalized spacial score (nSPS) is 11.4. The molecule has 0 saturated carbocycles. The SMILES string of the molecule is Cc1cc(Cl)cc(C)c1NC(=O)C(C)(C)C. The Bertz CT molecular complexity index is 395. The molecule has 3 heteroatoms. The van der Waals surface area contributed by atoms with Crippen LogP contribution in [0.15, 0.2) is 12.1 Å². The van der Waals surface area contributed by atoms with Gasteiger partial charge in [-0.1, -0.05) is 32.4 Å². The summed E-state index contributed by atoms with van der Waals surface area (Å²) in [6, 6.07) is 3.71. The molecule has 88 valence electrons. The molecule has 0 unspecified atom stereocenters. The Hall–Kier alpha value is -1.02. The molecular formula is C13H18ClNO. The lowest BCUT2D eigenvalue weighted by Crippen LogP contribution is -2.28.